The Morgan fingerprint density at radius 2 is 1.48 bits per heavy atom. The molecule has 0 bridgehead atoms. The summed E-state index contributed by atoms with van der Waals surface area (Å²) in [5.41, 5.74) is -2.44. The van der Waals surface area contributed by atoms with Crippen LogP contribution in [0.5, 0.6) is 0 Å². The van der Waals surface area contributed by atoms with Gasteiger partial charge < -0.3 is 5.11 Å². The number of hydrogen-bond donors (Lipinski definition) is 1. The summed E-state index contributed by atoms with van der Waals surface area (Å²) in [5, 5.41) is 10.5. The number of aliphatic hydroxyl groups is 1. The SMILES string of the molecule is CC(O)(c1ccc(Br)cc1)c1ccc(C(F)(F)F)c(F)c1. The van der Waals surface area contributed by atoms with Gasteiger partial charge in [-0.2, -0.15) is 13.2 Å². The molecule has 0 aliphatic rings. The molecule has 0 spiro atoms. The second kappa shape index (κ2) is 5.42. The topological polar surface area (TPSA) is 20.2 Å². The highest BCUT2D eigenvalue weighted by Crippen LogP contribution is 2.35. The summed E-state index contributed by atoms with van der Waals surface area (Å²) in [5.74, 6) is -1.41. The molecule has 0 saturated heterocycles. The van der Waals surface area contributed by atoms with Crippen molar-refractivity contribution in [1.29, 1.82) is 0 Å². The van der Waals surface area contributed by atoms with Gasteiger partial charge in [0.25, 0.3) is 0 Å². The maximum Gasteiger partial charge on any atom is 0.419 e. The van der Waals surface area contributed by atoms with Crippen LogP contribution in [-0.4, -0.2) is 5.11 Å². The largest absolute Gasteiger partial charge is 0.419 e. The summed E-state index contributed by atoms with van der Waals surface area (Å²) in [6.45, 7) is 1.40. The molecule has 1 unspecified atom stereocenters. The number of benzene rings is 2. The molecular weight excluding hydrogens is 352 g/mol. The number of rotatable bonds is 2. The quantitative estimate of drug-likeness (QED) is 0.756. The van der Waals surface area contributed by atoms with Gasteiger partial charge in [0, 0.05) is 4.47 Å². The molecule has 0 aliphatic heterocycles. The molecule has 0 fully saturated rings. The van der Waals surface area contributed by atoms with Crippen LogP contribution in [0.4, 0.5) is 17.6 Å². The van der Waals surface area contributed by atoms with Crippen LogP contribution in [-0.2, 0) is 11.8 Å². The van der Waals surface area contributed by atoms with Crippen molar-refractivity contribution in [2.24, 2.45) is 0 Å². The van der Waals surface area contributed by atoms with Gasteiger partial charge >= 0.3 is 6.18 Å². The molecular formula is C15H11BrF4O. The minimum atomic E-state index is -4.76. The molecule has 2 rings (SSSR count). The van der Waals surface area contributed by atoms with Crippen LogP contribution >= 0.6 is 15.9 Å². The lowest BCUT2D eigenvalue weighted by Gasteiger charge is -2.25. The fourth-order valence-corrected chi connectivity index (χ4v) is 2.25. The van der Waals surface area contributed by atoms with Crippen molar-refractivity contribution in [1.82, 2.24) is 0 Å². The highest BCUT2D eigenvalue weighted by atomic mass is 79.9. The van der Waals surface area contributed by atoms with Gasteiger partial charge in [0.15, 0.2) is 0 Å². The van der Waals surface area contributed by atoms with Gasteiger partial charge in [-0.15, -0.1) is 0 Å². The molecule has 0 amide bonds. The van der Waals surface area contributed by atoms with E-state index in [1.54, 1.807) is 24.3 Å². The van der Waals surface area contributed by atoms with Crippen LogP contribution in [0.1, 0.15) is 23.6 Å². The molecule has 21 heavy (non-hydrogen) atoms. The lowest BCUT2D eigenvalue weighted by atomic mass is 9.87. The van der Waals surface area contributed by atoms with Gasteiger partial charge in [-0.3, -0.25) is 0 Å². The molecule has 6 heteroatoms. The molecule has 0 aromatic heterocycles. The molecule has 0 saturated carbocycles. The van der Waals surface area contributed by atoms with Gasteiger partial charge in [-0.25, -0.2) is 4.39 Å². The summed E-state index contributed by atoms with van der Waals surface area (Å²) >= 11 is 3.24. The van der Waals surface area contributed by atoms with Crippen LogP contribution in [0, 0.1) is 5.82 Å². The van der Waals surface area contributed by atoms with Crippen LogP contribution in [0.25, 0.3) is 0 Å². The van der Waals surface area contributed by atoms with E-state index in [0.717, 1.165) is 10.5 Å². The Bertz CT molecular complexity index is 648. The zero-order valence-electron chi connectivity index (χ0n) is 10.9. The Morgan fingerprint density at radius 1 is 0.952 bits per heavy atom. The van der Waals surface area contributed by atoms with Crippen LogP contribution in [0.15, 0.2) is 46.9 Å². The minimum absolute atomic E-state index is 0.0512. The van der Waals surface area contributed by atoms with Crippen molar-refractivity contribution in [2.75, 3.05) is 0 Å². The van der Waals surface area contributed by atoms with E-state index >= 15 is 0 Å². The third-order valence-corrected chi connectivity index (χ3v) is 3.77. The van der Waals surface area contributed by atoms with Gasteiger partial charge in [-0.1, -0.05) is 34.1 Å². The van der Waals surface area contributed by atoms with E-state index in [1.807, 2.05) is 0 Å². The first-order valence-corrected chi connectivity index (χ1v) is 6.77. The lowest BCUT2D eigenvalue weighted by Crippen LogP contribution is -2.23. The third-order valence-electron chi connectivity index (χ3n) is 3.24. The van der Waals surface area contributed by atoms with Crippen molar-refractivity contribution in [3.63, 3.8) is 0 Å². The molecule has 1 nitrogen and oxygen atoms in total. The van der Waals surface area contributed by atoms with Crippen LogP contribution in [0.3, 0.4) is 0 Å². The monoisotopic (exact) mass is 362 g/mol. The molecule has 1 N–H and O–H groups in total. The maximum atomic E-state index is 13.6. The first-order chi connectivity index (χ1) is 9.62. The zero-order valence-corrected chi connectivity index (χ0v) is 12.5. The Morgan fingerprint density at radius 3 is 1.95 bits per heavy atom. The zero-order chi connectivity index (χ0) is 15.8. The van der Waals surface area contributed by atoms with Gasteiger partial charge in [0.2, 0.25) is 0 Å². The van der Waals surface area contributed by atoms with E-state index in [-0.39, 0.29) is 5.56 Å². The molecule has 0 heterocycles. The summed E-state index contributed by atoms with van der Waals surface area (Å²) < 4.78 is 52.0. The predicted molar refractivity (Wildman–Crippen MR) is 74.2 cm³/mol. The van der Waals surface area contributed by atoms with Gasteiger partial charge in [0.05, 0.1) is 5.56 Å². The maximum absolute atomic E-state index is 13.6. The first-order valence-electron chi connectivity index (χ1n) is 5.98. The second-order valence-electron chi connectivity index (χ2n) is 4.77. The number of alkyl halides is 3. The molecule has 0 radical (unpaired) electrons. The Hall–Kier alpha value is -1.40. The fraction of sp³-hybridized carbons (Fsp3) is 0.200. The highest BCUT2D eigenvalue weighted by molar-refractivity contribution is 9.10. The Balaban J connectivity index is 2.46. The van der Waals surface area contributed by atoms with Crippen LogP contribution in [0.2, 0.25) is 0 Å². The average Bonchev–Trinajstić information content (AvgIpc) is 2.37. The average molecular weight is 363 g/mol. The smallest absolute Gasteiger partial charge is 0.381 e. The van der Waals surface area contributed by atoms with E-state index in [4.69, 9.17) is 0 Å². The minimum Gasteiger partial charge on any atom is -0.381 e. The highest BCUT2D eigenvalue weighted by Gasteiger charge is 2.35. The number of hydrogen-bond acceptors (Lipinski definition) is 1. The van der Waals surface area contributed by atoms with Crippen LogP contribution < -0.4 is 0 Å². The van der Waals surface area contributed by atoms with E-state index in [9.17, 15) is 22.7 Å². The second-order valence-corrected chi connectivity index (χ2v) is 5.69. The summed E-state index contributed by atoms with van der Waals surface area (Å²) in [7, 11) is 0. The van der Waals surface area contributed by atoms with Crippen molar-refractivity contribution >= 4 is 15.9 Å². The van der Waals surface area contributed by atoms with Crippen molar-refractivity contribution in [2.45, 2.75) is 18.7 Å². The fourth-order valence-electron chi connectivity index (χ4n) is 1.99. The molecule has 0 aliphatic carbocycles. The molecule has 1 atom stereocenters. The van der Waals surface area contributed by atoms with Crippen molar-refractivity contribution < 1.29 is 22.7 Å². The summed E-state index contributed by atoms with van der Waals surface area (Å²) in [6, 6.07) is 9.02. The van der Waals surface area contributed by atoms with E-state index in [2.05, 4.69) is 15.9 Å². The Labute approximate surface area is 127 Å². The predicted octanol–water partition coefficient (Wildman–Crippen LogP) is 4.86. The number of halogens is 5. The normalized spacial score (nSPS) is 14.8. The third kappa shape index (κ3) is 3.27. The summed E-state index contributed by atoms with van der Waals surface area (Å²) in [6.07, 6.45) is -4.76. The van der Waals surface area contributed by atoms with E-state index < -0.39 is 23.2 Å². The summed E-state index contributed by atoms with van der Waals surface area (Å²) in [4.78, 5) is 0. The molecule has 112 valence electrons. The van der Waals surface area contributed by atoms with Crippen molar-refractivity contribution in [3.8, 4) is 0 Å². The van der Waals surface area contributed by atoms with Gasteiger partial charge in [-0.05, 0) is 42.3 Å². The lowest BCUT2D eigenvalue weighted by molar-refractivity contribution is -0.140. The van der Waals surface area contributed by atoms with Crippen molar-refractivity contribution in [3.05, 3.63) is 69.4 Å². The Kier molecular flexibility index (Phi) is 4.13. The van der Waals surface area contributed by atoms with E-state index in [1.165, 1.54) is 6.92 Å². The van der Waals surface area contributed by atoms with E-state index in [0.29, 0.717) is 17.7 Å². The molecule has 2 aromatic rings. The van der Waals surface area contributed by atoms with Gasteiger partial charge in [0.1, 0.15) is 11.4 Å². The standard InChI is InChI=1S/C15H11BrF4O/c1-14(21,9-2-5-11(16)6-3-9)10-4-7-12(13(17)8-10)15(18,19)20/h2-8,21H,1H3. The molecule has 2 aromatic carbocycles. The first kappa shape index (κ1) is 16.0.